The van der Waals surface area contributed by atoms with E-state index in [1.54, 1.807) is 0 Å². The van der Waals surface area contributed by atoms with Gasteiger partial charge in [-0.05, 0) is 37.3 Å². The number of halogens is 1. The van der Waals surface area contributed by atoms with Gasteiger partial charge < -0.3 is 20.1 Å². The molecular formula is C18H28IN3O2. The molecule has 3 atom stereocenters. The van der Waals surface area contributed by atoms with Gasteiger partial charge >= 0.3 is 0 Å². The number of benzene rings is 1. The second-order valence-corrected chi connectivity index (χ2v) is 6.19. The summed E-state index contributed by atoms with van der Waals surface area (Å²) in [5.41, 5.74) is 2.47. The van der Waals surface area contributed by atoms with Gasteiger partial charge in [-0.1, -0.05) is 24.3 Å². The zero-order valence-corrected chi connectivity index (χ0v) is 16.8. The van der Waals surface area contributed by atoms with Gasteiger partial charge in [-0.3, -0.25) is 4.99 Å². The summed E-state index contributed by atoms with van der Waals surface area (Å²) in [5, 5.41) is 6.93. The van der Waals surface area contributed by atoms with Crippen LogP contribution in [0.2, 0.25) is 0 Å². The minimum atomic E-state index is 0. The summed E-state index contributed by atoms with van der Waals surface area (Å²) in [4.78, 5) is 4.35. The predicted molar refractivity (Wildman–Crippen MR) is 107 cm³/mol. The number of nitrogens with zero attached hydrogens (tertiary/aromatic N) is 1. The molecule has 2 aliphatic rings. The van der Waals surface area contributed by atoms with Crippen molar-refractivity contribution in [2.24, 2.45) is 4.99 Å². The Balaban J connectivity index is 0.00000208. The fourth-order valence-electron chi connectivity index (χ4n) is 3.42. The number of guanidine groups is 1. The van der Waals surface area contributed by atoms with E-state index in [2.05, 4.69) is 39.9 Å². The van der Waals surface area contributed by atoms with Crippen molar-refractivity contribution in [1.29, 1.82) is 0 Å². The number of hydrogen-bond donors (Lipinski definition) is 2. The second kappa shape index (κ2) is 9.58. The van der Waals surface area contributed by atoms with E-state index in [0.717, 1.165) is 32.0 Å². The molecule has 2 fully saturated rings. The molecule has 0 radical (unpaired) electrons. The van der Waals surface area contributed by atoms with Crippen molar-refractivity contribution in [3.8, 4) is 0 Å². The largest absolute Gasteiger partial charge is 0.377 e. The molecule has 0 saturated carbocycles. The highest BCUT2D eigenvalue weighted by Gasteiger charge is 2.41. The molecule has 0 aromatic heterocycles. The molecule has 3 unspecified atom stereocenters. The molecule has 5 nitrogen and oxygen atoms in total. The minimum Gasteiger partial charge on any atom is -0.377 e. The van der Waals surface area contributed by atoms with Gasteiger partial charge in [-0.25, -0.2) is 0 Å². The maximum absolute atomic E-state index is 5.89. The zero-order valence-electron chi connectivity index (χ0n) is 14.5. The molecule has 134 valence electrons. The van der Waals surface area contributed by atoms with Crippen LogP contribution in [-0.2, 0) is 22.6 Å². The van der Waals surface area contributed by atoms with Gasteiger partial charge in [-0.2, -0.15) is 0 Å². The molecule has 2 heterocycles. The zero-order chi connectivity index (χ0) is 16.1. The SMILES string of the molecule is CCOCc1ccccc1CNC(=NC)NC1CC2CCC1O2.I. The van der Waals surface area contributed by atoms with Crippen molar-refractivity contribution in [2.45, 2.75) is 57.6 Å². The third-order valence-corrected chi connectivity index (χ3v) is 4.68. The number of nitrogens with one attached hydrogen (secondary N) is 2. The van der Waals surface area contributed by atoms with E-state index >= 15 is 0 Å². The summed E-state index contributed by atoms with van der Waals surface area (Å²) in [6.07, 6.45) is 4.26. The smallest absolute Gasteiger partial charge is 0.191 e. The summed E-state index contributed by atoms with van der Waals surface area (Å²) in [6.45, 7) is 4.14. The highest BCUT2D eigenvalue weighted by molar-refractivity contribution is 14.0. The average Bonchev–Trinajstić information content (AvgIpc) is 3.20. The van der Waals surface area contributed by atoms with Gasteiger partial charge in [0.05, 0.1) is 24.9 Å². The predicted octanol–water partition coefficient (Wildman–Crippen LogP) is 2.83. The average molecular weight is 445 g/mol. The lowest BCUT2D eigenvalue weighted by molar-refractivity contribution is 0.0992. The number of aliphatic imine (C=N–C) groups is 1. The molecule has 3 rings (SSSR count). The Labute approximate surface area is 161 Å². The van der Waals surface area contributed by atoms with E-state index < -0.39 is 0 Å². The van der Waals surface area contributed by atoms with Gasteiger partial charge in [0.1, 0.15) is 0 Å². The lowest BCUT2D eigenvalue weighted by Gasteiger charge is -2.23. The number of rotatable bonds is 6. The molecule has 2 N–H and O–H groups in total. The van der Waals surface area contributed by atoms with Crippen LogP contribution in [-0.4, -0.2) is 37.9 Å². The van der Waals surface area contributed by atoms with E-state index in [4.69, 9.17) is 9.47 Å². The quantitative estimate of drug-likeness (QED) is 0.402. The molecule has 6 heteroatoms. The molecule has 2 aliphatic heterocycles. The van der Waals surface area contributed by atoms with Crippen molar-refractivity contribution < 1.29 is 9.47 Å². The number of ether oxygens (including phenoxy) is 2. The van der Waals surface area contributed by atoms with E-state index in [9.17, 15) is 0 Å². The monoisotopic (exact) mass is 445 g/mol. The second-order valence-electron chi connectivity index (χ2n) is 6.19. The highest BCUT2D eigenvalue weighted by Crippen LogP contribution is 2.34. The van der Waals surface area contributed by atoms with Gasteiger partial charge in [0.2, 0.25) is 0 Å². The van der Waals surface area contributed by atoms with Crippen LogP contribution in [0.25, 0.3) is 0 Å². The third kappa shape index (κ3) is 4.83. The Morgan fingerprint density at radius 1 is 1.29 bits per heavy atom. The van der Waals surface area contributed by atoms with Crippen molar-refractivity contribution in [3.05, 3.63) is 35.4 Å². The van der Waals surface area contributed by atoms with Crippen LogP contribution in [0.3, 0.4) is 0 Å². The number of fused-ring (bicyclic) bond motifs is 2. The molecule has 1 aromatic rings. The molecule has 2 bridgehead atoms. The van der Waals surface area contributed by atoms with E-state index in [1.165, 1.54) is 17.5 Å². The van der Waals surface area contributed by atoms with Crippen molar-refractivity contribution in [3.63, 3.8) is 0 Å². The Morgan fingerprint density at radius 3 is 2.71 bits per heavy atom. The molecular weight excluding hydrogens is 417 g/mol. The van der Waals surface area contributed by atoms with E-state index in [1.807, 2.05) is 14.0 Å². The summed E-state index contributed by atoms with van der Waals surface area (Å²) in [5.74, 6) is 0.845. The van der Waals surface area contributed by atoms with Crippen molar-refractivity contribution in [1.82, 2.24) is 10.6 Å². The maximum Gasteiger partial charge on any atom is 0.191 e. The fourth-order valence-corrected chi connectivity index (χ4v) is 3.42. The lowest BCUT2D eigenvalue weighted by Crippen LogP contribution is -2.47. The highest BCUT2D eigenvalue weighted by atomic mass is 127. The Bertz CT molecular complexity index is 553. The Hall–Kier alpha value is -0.860. The van der Waals surface area contributed by atoms with Crippen LogP contribution in [0.5, 0.6) is 0 Å². The molecule has 2 saturated heterocycles. The number of hydrogen-bond acceptors (Lipinski definition) is 3. The van der Waals surface area contributed by atoms with Gasteiger partial charge in [0, 0.05) is 20.2 Å². The first-order valence-electron chi connectivity index (χ1n) is 8.57. The summed E-state index contributed by atoms with van der Waals surface area (Å²) in [6, 6.07) is 8.75. The Kier molecular flexibility index (Phi) is 7.77. The molecule has 0 aliphatic carbocycles. The van der Waals surface area contributed by atoms with Crippen molar-refractivity contribution >= 4 is 29.9 Å². The van der Waals surface area contributed by atoms with E-state index in [-0.39, 0.29) is 24.0 Å². The first-order valence-corrected chi connectivity index (χ1v) is 8.57. The standard InChI is InChI=1S/C18H27N3O2.HI/c1-3-22-12-14-7-5-4-6-13(14)11-20-18(19-2)21-16-10-15-8-9-17(16)23-15;/h4-7,15-17H,3,8-12H2,1-2H3,(H2,19,20,21);1H. The summed E-state index contributed by atoms with van der Waals surface area (Å²) in [7, 11) is 1.81. The van der Waals surface area contributed by atoms with Crippen LogP contribution < -0.4 is 10.6 Å². The topological polar surface area (TPSA) is 54.9 Å². The van der Waals surface area contributed by atoms with Gasteiger partial charge in [0.25, 0.3) is 0 Å². The van der Waals surface area contributed by atoms with Crippen LogP contribution in [0.4, 0.5) is 0 Å². The minimum absolute atomic E-state index is 0. The summed E-state index contributed by atoms with van der Waals surface area (Å²) < 4.78 is 11.4. The van der Waals surface area contributed by atoms with Gasteiger partial charge in [-0.15, -0.1) is 24.0 Å². The first kappa shape index (κ1) is 19.5. The van der Waals surface area contributed by atoms with Crippen LogP contribution in [0.1, 0.15) is 37.3 Å². The first-order chi connectivity index (χ1) is 11.3. The third-order valence-electron chi connectivity index (χ3n) is 4.68. The molecule has 1 aromatic carbocycles. The van der Waals surface area contributed by atoms with Crippen LogP contribution in [0.15, 0.2) is 29.3 Å². The van der Waals surface area contributed by atoms with Crippen molar-refractivity contribution in [2.75, 3.05) is 13.7 Å². The van der Waals surface area contributed by atoms with Crippen LogP contribution in [0, 0.1) is 0 Å². The maximum atomic E-state index is 5.89. The lowest BCUT2D eigenvalue weighted by atomic mass is 9.96. The summed E-state index contributed by atoms with van der Waals surface area (Å²) >= 11 is 0. The molecule has 0 spiro atoms. The van der Waals surface area contributed by atoms with Gasteiger partial charge in [0.15, 0.2) is 5.96 Å². The Morgan fingerprint density at radius 2 is 2.08 bits per heavy atom. The molecule has 24 heavy (non-hydrogen) atoms. The van der Waals surface area contributed by atoms with E-state index in [0.29, 0.717) is 24.9 Å². The normalized spacial score (nSPS) is 25.4. The molecule has 0 amide bonds. The van der Waals surface area contributed by atoms with Crippen LogP contribution >= 0.6 is 24.0 Å². The fraction of sp³-hybridized carbons (Fsp3) is 0.611.